The Kier molecular flexibility index (Phi) is 6.96. The number of ether oxygens (including phenoxy) is 2. The molecular formula is C24H24ClFN2O3S. The Labute approximate surface area is 197 Å². The van der Waals surface area contributed by atoms with Gasteiger partial charge < -0.3 is 14.8 Å². The zero-order valence-corrected chi connectivity index (χ0v) is 19.3. The van der Waals surface area contributed by atoms with Crippen molar-refractivity contribution in [3.05, 3.63) is 64.1 Å². The fourth-order valence-electron chi connectivity index (χ4n) is 4.12. The van der Waals surface area contributed by atoms with Gasteiger partial charge in [0.25, 0.3) is 5.91 Å². The zero-order valence-electron chi connectivity index (χ0n) is 17.7. The molecule has 5 nitrogen and oxygen atoms in total. The van der Waals surface area contributed by atoms with Crippen molar-refractivity contribution in [2.75, 3.05) is 7.11 Å². The summed E-state index contributed by atoms with van der Waals surface area (Å²) in [7, 11) is 1.58. The van der Waals surface area contributed by atoms with Crippen LogP contribution in [0.2, 0.25) is 5.02 Å². The van der Waals surface area contributed by atoms with Crippen LogP contribution in [0, 0.1) is 5.82 Å². The Morgan fingerprint density at radius 1 is 1.22 bits per heavy atom. The van der Waals surface area contributed by atoms with E-state index in [9.17, 15) is 9.18 Å². The zero-order chi connectivity index (χ0) is 22.7. The van der Waals surface area contributed by atoms with Gasteiger partial charge in [-0.15, -0.1) is 0 Å². The number of benzene rings is 2. The molecular weight excluding hydrogens is 451 g/mol. The van der Waals surface area contributed by atoms with Crippen LogP contribution in [0.1, 0.15) is 43.2 Å². The van der Waals surface area contributed by atoms with Gasteiger partial charge in [-0.2, -0.15) is 0 Å². The summed E-state index contributed by atoms with van der Waals surface area (Å²) in [6.07, 6.45) is 7.21. The first-order valence-electron chi connectivity index (χ1n) is 10.6. The third-order valence-corrected chi connectivity index (χ3v) is 6.34. The lowest BCUT2D eigenvalue weighted by atomic mass is 9.94. The summed E-state index contributed by atoms with van der Waals surface area (Å²) in [6, 6.07) is 9.94. The van der Waals surface area contributed by atoms with E-state index in [4.69, 9.17) is 33.3 Å². The lowest BCUT2D eigenvalue weighted by Crippen LogP contribution is -2.41. The van der Waals surface area contributed by atoms with Crippen molar-refractivity contribution in [2.24, 2.45) is 0 Å². The second-order valence-electron chi connectivity index (χ2n) is 7.89. The average Bonchev–Trinajstić information content (AvgIpc) is 3.08. The maximum atomic E-state index is 13.4. The number of methoxy groups -OCH3 is 1. The molecule has 2 aliphatic rings. The number of hydrogen-bond acceptors (Lipinski definition) is 4. The highest BCUT2D eigenvalue weighted by Gasteiger charge is 2.36. The van der Waals surface area contributed by atoms with Crippen LogP contribution in [0.15, 0.2) is 42.1 Å². The molecule has 2 aromatic rings. The van der Waals surface area contributed by atoms with Gasteiger partial charge >= 0.3 is 0 Å². The summed E-state index contributed by atoms with van der Waals surface area (Å²) < 4.78 is 24.6. The molecule has 1 aliphatic carbocycles. The highest BCUT2D eigenvalue weighted by atomic mass is 35.5. The molecule has 1 heterocycles. The Bertz CT molecular complexity index is 1070. The molecule has 2 aromatic carbocycles. The van der Waals surface area contributed by atoms with Crippen molar-refractivity contribution in [3.8, 4) is 11.5 Å². The number of hydrogen-bond donors (Lipinski definition) is 1. The standard InChI is InChI=1S/C24H24ClFN2O3S/c1-30-22-10-7-15(11-16(22)14-31-18-8-9-20(26)19(25)13-18)12-21-23(29)28(24(32)27-21)17-5-3-2-4-6-17/h7-13,17H,2-6,14H2,1H3,(H,27,32)/b21-12+. The molecule has 0 unspecified atom stereocenters. The van der Waals surface area contributed by atoms with Gasteiger partial charge in [-0.1, -0.05) is 36.9 Å². The number of carbonyl (C=O) groups is 1. The maximum absolute atomic E-state index is 13.4. The first-order chi connectivity index (χ1) is 15.5. The predicted molar refractivity (Wildman–Crippen MR) is 126 cm³/mol. The molecule has 0 radical (unpaired) electrons. The second-order valence-corrected chi connectivity index (χ2v) is 8.68. The Balaban J connectivity index is 1.52. The van der Waals surface area contributed by atoms with E-state index in [0.717, 1.165) is 36.8 Å². The molecule has 1 aliphatic heterocycles. The summed E-state index contributed by atoms with van der Waals surface area (Å²) in [5.74, 6) is 0.504. The van der Waals surface area contributed by atoms with E-state index in [1.54, 1.807) is 18.1 Å². The smallest absolute Gasteiger partial charge is 0.276 e. The number of nitrogens with one attached hydrogen (secondary N) is 1. The number of carbonyl (C=O) groups excluding carboxylic acids is 1. The molecule has 1 saturated heterocycles. The van der Waals surface area contributed by atoms with Crippen LogP contribution in [-0.2, 0) is 11.4 Å². The van der Waals surface area contributed by atoms with E-state index >= 15 is 0 Å². The molecule has 0 bridgehead atoms. The van der Waals surface area contributed by atoms with Gasteiger partial charge in [0.1, 0.15) is 29.6 Å². The summed E-state index contributed by atoms with van der Waals surface area (Å²) >= 11 is 11.3. The molecule has 4 rings (SSSR count). The number of rotatable bonds is 6. The third kappa shape index (κ3) is 4.89. The summed E-state index contributed by atoms with van der Waals surface area (Å²) in [4.78, 5) is 14.7. The predicted octanol–water partition coefficient (Wildman–Crippen LogP) is 5.46. The summed E-state index contributed by atoms with van der Waals surface area (Å²) in [6.45, 7) is 0.191. The fraction of sp³-hybridized carbons (Fsp3) is 0.333. The second kappa shape index (κ2) is 9.88. The van der Waals surface area contributed by atoms with Crippen LogP contribution in [0.4, 0.5) is 4.39 Å². The van der Waals surface area contributed by atoms with Gasteiger partial charge in [0.15, 0.2) is 5.11 Å². The average molecular weight is 475 g/mol. The van der Waals surface area contributed by atoms with Gasteiger partial charge in [-0.25, -0.2) is 4.39 Å². The van der Waals surface area contributed by atoms with Crippen molar-refractivity contribution in [1.29, 1.82) is 0 Å². The van der Waals surface area contributed by atoms with E-state index in [0.29, 0.717) is 22.3 Å². The number of thiocarbonyl (C=S) groups is 1. The van der Waals surface area contributed by atoms with E-state index in [2.05, 4.69) is 5.32 Å². The molecule has 32 heavy (non-hydrogen) atoms. The first-order valence-corrected chi connectivity index (χ1v) is 11.4. The van der Waals surface area contributed by atoms with Crippen molar-refractivity contribution < 1.29 is 18.7 Å². The molecule has 0 aromatic heterocycles. The summed E-state index contributed by atoms with van der Waals surface area (Å²) in [5, 5.41) is 3.54. The van der Waals surface area contributed by atoms with Crippen molar-refractivity contribution >= 4 is 40.9 Å². The molecule has 1 N–H and O–H groups in total. The van der Waals surface area contributed by atoms with Crippen LogP contribution in [-0.4, -0.2) is 29.1 Å². The minimum Gasteiger partial charge on any atom is -0.496 e. The Morgan fingerprint density at radius 2 is 2.00 bits per heavy atom. The number of halogens is 2. The highest BCUT2D eigenvalue weighted by Crippen LogP contribution is 2.29. The molecule has 168 valence electrons. The minimum absolute atomic E-state index is 0.00254. The van der Waals surface area contributed by atoms with E-state index < -0.39 is 5.82 Å². The SMILES string of the molecule is COc1ccc(/C=C2/NC(=S)N(C3CCCCC3)C2=O)cc1COc1ccc(F)c(Cl)c1. The van der Waals surface area contributed by atoms with Gasteiger partial charge in [0.2, 0.25) is 0 Å². The maximum Gasteiger partial charge on any atom is 0.276 e. The van der Waals surface area contributed by atoms with Crippen molar-refractivity contribution in [2.45, 2.75) is 44.8 Å². The van der Waals surface area contributed by atoms with E-state index in [1.165, 1.54) is 24.6 Å². The van der Waals surface area contributed by atoms with Crippen LogP contribution in [0.5, 0.6) is 11.5 Å². The van der Waals surface area contributed by atoms with Gasteiger partial charge in [0, 0.05) is 17.7 Å². The normalized spacial score (nSPS) is 18.2. The molecule has 0 spiro atoms. The van der Waals surface area contributed by atoms with E-state index in [1.807, 2.05) is 18.2 Å². The highest BCUT2D eigenvalue weighted by molar-refractivity contribution is 7.80. The van der Waals surface area contributed by atoms with Gasteiger partial charge in [-0.3, -0.25) is 9.69 Å². The molecule has 2 fully saturated rings. The number of amides is 1. The van der Waals surface area contributed by atoms with Crippen LogP contribution < -0.4 is 14.8 Å². The van der Waals surface area contributed by atoms with Gasteiger partial charge in [0.05, 0.1) is 12.1 Å². The lowest BCUT2D eigenvalue weighted by Gasteiger charge is -2.29. The quantitative estimate of drug-likeness (QED) is 0.445. The molecule has 1 saturated carbocycles. The van der Waals surface area contributed by atoms with Crippen molar-refractivity contribution in [3.63, 3.8) is 0 Å². The first kappa shape index (κ1) is 22.6. The minimum atomic E-state index is -0.501. The van der Waals surface area contributed by atoms with E-state index in [-0.39, 0.29) is 23.6 Å². The van der Waals surface area contributed by atoms with Crippen LogP contribution in [0.25, 0.3) is 6.08 Å². The lowest BCUT2D eigenvalue weighted by molar-refractivity contribution is -0.124. The summed E-state index contributed by atoms with van der Waals surface area (Å²) in [5.41, 5.74) is 2.05. The largest absolute Gasteiger partial charge is 0.496 e. The third-order valence-electron chi connectivity index (χ3n) is 5.75. The van der Waals surface area contributed by atoms with Crippen molar-refractivity contribution in [1.82, 2.24) is 10.2 Å². The van der Waals surface area contributed by atoms with Crippen LogP contribution in [0.3, 0.4) is 0 Å². The molecule has 8 heteroatoms. The Morgan fingerprint density at radius 3 is 2.72 bits per heavy atom. The topological polar surface area (TPSA) is 50.8 Å². The molecule has 0 atom stereocenters. The fourth-order valence-corrected chi connectivity index (χ4v) is 4.63. The number of nitrogens with zero attached hydrogens (tertiary/aromatic N) is 1. The van der Waals surface area contributed by atoms with Crippen LogP contribution >= 0.6 is 23.8 Å². The Hall–Kier alpha value is -2.64. The van der Waals surface area contributed by atoms with Gasteiger partial charge in [-0.05, 0) is 61.0 Å². The molecule has 1 amide bonds. The monoisotopic (exact) mass is 474 g/mol.